The SMILES string of the molecule is CC(C)(CCC(=O)O)c1cc2cc(NC(=O)C3(c4ccc5c(c4)NCC5)CC3)ccc2[nH]1. The summed E-state index contributed by atoms with van der Waals surface area (Å²) in [6, 6.07) is 14.4. The number of hydrogen-bond acceptors (Lipinski definition) is 3. The van der Waals surface area contributed by atoms with E-state index in [0.717, 1.165) is 59.3 Å². The van der Waals surface area contributed by atoms with Gasteiger partial charge in [-0.05, 0) is 67.1 Å². The Labute approximate surface area is 187 Å². The highest BCUT2D eigenvalue weighted by molar-refractivity contribution is 6.02. The van der Waals surface area contributed by atoms with Crippen molar-refractivity contribution in [3.05, 3.63) is 59.3 Å². The van der Waals surface area contributed by atoms with Gasteiger partial charge in [0, 0.05) is 46.4 Å². The normalized spacial score (nSPS) is 16.4. The standard InChI is InChI=1S/C26H29N3O3/c1-25(2,9-7-23(30)31)22-14-17-13-19(5-6-20(17)29-22)28-24(32)26(10-11-26)18-4-3-16-8-12-27-21(16)15-18/h3-6,13-15,27,29H,7-12H2,1-2H3,(H,28,32)(H,30,31). The van der Waals surface area contributed by atoms with Gasteiger partial charge in [0.15, 0.2) is 0 Å². The highest BCUT2D eigenvalue weighted by atomic mass is 16.4. The summed E-state index contributed by atoms with van der Waals surface area (Å²) < 4.78 is 0. The second kappa shape index (κ2) is 7.40. The first-order chi connectivity index (χ1) is 15.3. The number of carboxylic acid groups (broad SMARTS) is 1. The summed E-state index contributed by atoms with van der Waals surface area (Å²) in [6.07, 6.45) is 3.46. The summed E-state index contributed by atoms with van der Waals surface area (Å²) in [6.45, 7) is 5.06. The number of carboxylic acids is 1. The highest BCUT2D eigenvalue weighted by Gasteiger charge is 2.51. The summed E-state index contributed by atoms with van der Waals surface area (Å²) in [5, 5.41) is 16.6. The van der Waals surface area contributed by atoms with Crippen LogP contribution in [-0.4, -0.2) is 28.5 Å². The van der Waals surface area contributed by atoms with Gasteiger partial charge in [0.25, 0.3) is 0 Å². The van der Waals surface area contributed by atoms with E-state index in [9.17, 15) is 9.59 Å². The van der Waals surface area contributed by atoms with E-state index in [4.69, 9.17) is 5.11 Å². The van der Waals surface area contributed by atoms with E-state index in [1.54, 1.807) is 0 Å². The number of anilines is 2. The first-order valence-electron chi connectivity index (χ1n) is 11.3. The lowest BCUT2D eigenvalue weighted by Gasteiger charge is -2.22. The van der Waals surface area contributed by atoms with Crippen LogP contribution in [0.5, 0.6) is 0 Å². The second-order valence-electron chi connectivity index (χ2n) is 9.85. The largest absolute Gasteiger partial charge is 0.481 e. The van der Waals surface area contributed by atoms with Gasteiger partial charge in [0.05, 0.1) is 5.41 Å². The van der Waals surface area contributed by atoms with Gasteiger partial charge in [0.2, 0.25) is 5.91 Å². The molecule has 6 nitrogen and oxygen atoms in total. The molecule has 0 saturated heterocycles. The molecule has 166 valence electrons. The van der Waals surface area contributed by atoms with E-state index >= 15 is 0 Å². The Morgan fingerprint density at radius 1 is 1.12 bits per heavy atom. The van der Waals surface area contributed by atoms with Crippen molar-refractivity contribution in [3.8, 4) is 0 Å². The number of aromatic nitrogens is 1. The van der Waals surface area contributed by atoms with Gasteiger partial charge in [-0.15, -0.1) is 0 Å². The molecule has 1 saturated carbocycles. The third-order valence-electron chi connectivity index (χ3n) is 7.13. The van der Waals surface area contributed by atoms with Crippen LogP contribution < -0.4 is 10.6 Å². The van der Waals surface area contributed by atoms with Crippen LogP contribution in [0.25, 0.3) is 10.9 Å². The minimum Gasteiger partial charge on any atom is -0.481 e. The molecular formula is C26H29N3O3. The Bertz CT molecular complexity index is 1220. The number of nitrogens with one attached hydrogen (secondary N) is 3. The zero-order valence-corrected chi connectivity index (χ0v) is 18.5. The number of aliphatic carboxylic acids is 1. The average molecular weight is 432 g/mol. The number of H-pyrrole nitrogens is 1. The fourth-order valence-electron chi connectivity index (χ4n) is 4.74. The molecule has 3 aromatic rings. The minimum atomic E-state index is -0.785. The maximum atomic E-state index is 13.3. The Hall–Kier alpha value is -3.28. The third-order valence-corrected chi connectivity index (χ3v) is 7.13. The van der Waals surface area contributed by atoms with Crippen molar-refractivity contribution in [2.75, 3.05) is 17.2 Å². The van der Waals surface area contributed by atoms with Gasteiger partial charge in [-0.25, -0.2) is 0 Å². The number of fused-ring (bicyclic) bond motifs is 2. The monoisotopic (exact) mass is 431 g/mol. The molecule has 1 fully saturated rings. The van der Waals surface area contributed by atoms with Crippen LogP contribution in [0.15, 0.2) is 42.5 Å². The Balaban J connectivity index is 1.35. The van der Waals surface area contributed by atoms with Gasteiger partial charge in [-0.3, -0.25) is 9.59 Å². The Morgan fingerprint density at radius 2 is 1.94 bits per heavy atom. The molecule has 2 aliphatic rings. The Morgan fingerprint density at radius 3 is 2.69 bits per heavy atom. The number of hydrogen-bond donors (Lipinski definition) is 4. The van der Waals surface area contributed by atoms with Crippen LogP contribution >= 0.6 is 0 Å². The lowest BCUT2D eigenvalue weighted by atomic mass is 9.84. The van der Waals surface area contributed by atoms with Gasteiger partial charge < -0.3 is 20.7 Å². The van der Waals surface area contributed by atoms with Crippen molar-refractivity contribution in [1.29, 1.82) is 0 Å². The van der Waals surface area contributed by atoms with Crippen LogP contribution in [0.4, 0.5) is 11.4 Å². The van der Waals surface area contributed by atoms with E-state index in [-0.39, 0.29) is 17.7 Å². The van der Waals surface area contributed by atoms with Crippen LogP contribution in [0.3, 0.4) is 0 Å². The first kappa shape index (κ1) is 20.6. The lowest BCUT2D eigenvalue weighted by Crippen LogP contribution is -2.27. The maximum Gasteiger partial charge on any atom is 0.303 e. The summed E-state index contributed by atoms with van der Waals surface area (Å²) >= 11 is 0. The zero-order chi connectivity index (χ0) is 22.5. The fourth-order valence-corrected chi connectivity index (χ4v) is 4.74. The average Bonchev–Trinajstić information content (AvgIpc) is 3.24. The van der Waals surface area contributed by atoms with Crippen LogP contribution in [0.2, 0.25) is 0 Å². The van der Waals surface area contributed by atoms with Gasteiger partial charge in [-0.1, -0.05) is 26.0 Å². The van der Waals surface area contributed by atoms with Gasteiger partial charge >= 0.3 is 5.97 Å². The number of benzene rings is 2. The predicted octanol–water partition coefficient (Wildman–Crippen LogP) is 4.95. The number of carbonyl (C=O) groups is 2. The first-order valence-corrected chi connectivity index (χ1v) is 11.3. The lowest BCUT2D eigenvalue weighted by molar-refractivity contribution is -0.137. The van der Waals surface area contributed by atoms with Crippen molar-refractivity contribution in [2.45, 2.75) is 56.8 Å². The minimum absolute atomic E-state index is 0.0485. The van der Waals surface area contributed by atoms with E-state index in [2.05, 4.69) is 39.9 Å². The fraction of sp³-hybridized carbons (Fsp3) is 0.385. The molecule has 32 heavy (non-hydrogen) atoms. The molecule has 0 bridgehead atoms. The molecule has 1 amide bonds. The van der Waals surface area contributed by atoms with Gasteiger partial charge in [-0.2, -0.15) is 0 Å². The number of aromatic amines is 1. The molecule has 2 aromatic carbocycles. The molecule has 5 rings (SSSR count). The van der Waals surface area contributed by atoms with E-state index in [1.165, 1.54) is 5.56 Å². The number of amides is 1. The van der Waals surface area contributed by atoms with Crippen molar-refractivity contribution < 1.29 is 14.7 Å². The van der Waals surface area contributed by atoms with Gasteiger partial charge in [0.1, 0.15) is 0 Å². The van der Waals surface area contributed by atoms with Crippen LogP contribution in [-0.2, 0) is 26.8 Å². The van der Waals surface area contributed by atoms with Crippen LogP contribution in [0.1, 0.15) is 56.4 Å². The molecule has 0 atom stereocenters. The van der Waals surface area contributed by atoms with Crippen LogP contribution in [0, 0.1) is 0 Å². The van der Waals surface area contributed by atoms with E-state index < -0.39 is 11.4 Å². The molecule has 0 spiro atoms. The van der Waals surface area contributed by atoms with E-state index in [1.807, 2.05) is 32.0 Å². The highest BCUT2D eigenvalue weighted by Crippen LogP contribution is 2.50. The molecule has 0 unspecified atom stereocenters. The van der Waals surface area contributed by atoms with Crippen molar-refractivity contribution in [1.82, 2.24) is 4.98 Å². The number of rotatable bonds is 7. The zero-order valence-electron chi connectivity index (χ0n) is 18.5. The summed E-state index contributed by atoms with van der Waals surface area (Å²) in [4.78, 5) is 27.7. The quantitative estimate of drug-likeness (QED) is 0.426. The molecule has 1 aliphatic carbocycles. The predicted molar refractivity (Wildman–Crippen MR) is 126 cm³/mol. The third kappa shape index (κ3) is 3.64. The molecule has 4 N–H and O–H groups in total. The Kier molecular flexibility index (Phi) is 4.77. The van der Waals surface area contributed by atoms with Crippen molar-refractivity contribution in [3.63, 3.8) is 0 Å². The van der Waals surface area contributed by atoms with E-state index in [0.29, 0.717) is 6.42 Å². The molecule has 1 aliphatic heterocycles. The molecule has 6 heteroatoms. The molecule has 1 aromatic heterocycles. The molecule has 0 radical (unpaired) electrons. The second-order valence-corrected chi connectivity index (χ2v) is 9.85. The summed E-state index contributed by atoms with van der Waals surface area (Å²) in [7, 11) is 0. The van der Waals surface area contributed by atoms with Crippen molar-refractivity contribution in [2.24, 2.45) is 0 Å². The maximum absolute atomic E-state index is 13.3. The molecule has 2 heterocycles. The number of carbonyl (C=O) groups excluding carboxylic acids is 1. The summed E-state index contributed by atoms with van der Waals surface area (Å²) in [5.74, 6) is -0.736. The molecular weight excluding hydrogens is 402 g/mol. The topological polar surface area (TPSA) is 94.2 Å². The smallest absolute Gasteiger partial charge is 0.303 e. The van der Waals surface area contributed by atoms with Crippen molar-refractivity contribution >= 4 is 34.2 Å². The summed E-state index contributed by atoms with van der Waals surface area (Å²) in [5.41, 5.74) is 5.62.